The molecule has 0 aliphatic carbocycles. The molecule has 0 heterocycles. The molecule has 0 unspecified atom stereocenters. The number of anilines is 1. The zero-order chi connectivity index (χ0) is 24.3. The van der Waals surface area contributed by atoms with Gasteiger partial charge in [0.2, 0.25) is 0 Å². The van der Waals surface area contributed by atoms with Gasteiger partial charge >= 0.3 is 5.97 Å². The summed E-state index contributed by atoms with van der Waals surface area (Å²) in [5.74, 6) is 1.49. The summed E-state index contributed by atoms with van der Waals surface area (Å²) in [5, 5.41) is 2.80. The van der Waals surface area contributed by atoms with Gasteiger partial charge in [0.05, 0.1) is 20.3 Å². The molecule has 7 nitrogen and oxygen atoms in total. The van der Waals surface area contributed by atoms with Crippen molar-refractivity contribution in [3.8, 4) is 23.0 Å². The van der Waals surface area contributed by atoms with Crippen molar-refractivity contribution in [2.45, 2.75) is 13.8 Å². The van der Waals surface area contributed by atoms with Crippen molar-refractivity contribution in [3.05, 3.63) is 83.9 Å². The highest BCUT2D eigenvalue weighted by Crippen LogP contribution is 2.29. The lowest BCUT2D eigenvalue weighted by atomic mass is 10.2. The maximum atomic E-state index is 12.4. The standard InChI is InChI=1S/C27H27NO6/c1-4-32-24-16-6-19(18-25(24)33-5-2)7-17-26(29)34-23-12-8-20(9-13-23)27(30)28-21-10-14-22(31-3)15-11-21/h6-18H,4-5H2,1-3H3,(H,28,30)/b17-7+. The summed E-state index contributed by atoms with van der Waals surface area (Å²) in [7, 11) is 1.58. The van der Waals surface area contributed by atoms with Crippen LogP contribution in [0.4, 0.5) is 5.69 Å². The van der Waals surface area contributed by atoms with Crippen LogP contribution in [0.5, 0.6) is 23.0 Å². The number of ether oxygens (including phenoxy) is 4. The lowest BCUT2D eigenvalue weighted by Gasteiger charge is -2.11. The Kier molecular flexibility index (Phi) is 8.68. The number of rotatable bonds is 10. The molecule has 0 fully saturated rings. The van der Waals surface area contributed by atoms with Crippen molar-refractivity contribution in [2.75, 3.05) is 25.6 Å². The van der Waals surface area contributed by atoms with E-state index < -0.39 is 5.97 Å². The zero-order valence-corrected chi connectivity index (χ0v) is 19.4. The number of esters is 1. The molecule has 1 N–H and O–H groups in total. The molecule has 0 aliphatic heterocycles. The number of amides is 1. The van der Waals surface area contributed by atoms with Crippen LogP contribution in [0.15, 0.2) is 72.8 Å². The van der Waals surface area contributed by atoms with E-state index in [1.165, 1.54) is 6.08 Å². The van der Waals surface area contributed by atoms with E-state index in [-0.39, 0.29) is 5.91 Å². The van der Waals surface area contributed by atoms with Crippen LogP contribution in [0.1, 0.15) is 29.8 Å². The first-order chi connectivity index (χ1) is 16.5. The second kappa shape index (κ2) is 12.1. The molecule has 34 heavy (non-hydrogen) atoms. The minimum atomic E-state index is -0.540. The molecular weight excluding hydrogens is 434 g/mol. The smallest absolute Gasteiger partial charge is 0.336 e. The first kappa shape index (κ1) is 24.4. The predicted octanol–water partition coefficient (Wildman–Crippen LogP) is 5.36. The van der Waals surface area contributed by atoms with Crippen LogP contribution in [-0.4, -0.2) is 32.2 Å². The third-order valence-corrected chi connectivity index (χ3v) is 4.66. The van der Waals surface area contributed by atoms with Crippen LogP contribution in [-0.2, 0) is 4.79 Å². The Balaban J connectivity index is 1.58. The van der Waals surface area contributed by atoms with Crippen LogP contribution < -0.4 is 24.3 Å². The second-order valence-electron chi connectivity index (χ2n) is 7.03. The van der Waals surface area contributed by atoms with E-state index >= 15 is 0 Å². The first-order valence-electron chi connectivity index (χ1n) is 10.9. The number of carbonyl (C=O) groups is 2. The van der Waals surface area contributed by atoms with Crippen molar-refractivity contribution in [2.24, 2.45) is 0 Å². The average molecular weight is 462 g/mol. The number of hydrogen-bond acceptors (Lipinski definition) is 6. The summed E-state index contributed by atoms with van der Waals surface area (Å²) in [6.07, 6.45) is 2.97. The monoisotopic (exact) mass is 461 g/mol. The Morgan fingerprint density at radius 1 is 0.824 bits per heavy atom. The molecule has 0 saturated heterocycles. The summed E-state index contributed by atoms with van der Waals surface area (Å²) in [4.78, 5) is 24.6. The van der Waals surface area contributed by atoms with Gasteiger partial charge in [0, 0.05) is 17.3 Å². The SMILES string of the molecule is CCOc1ccc(/C=C/C(=O)Oc2ccc(C(=O)Nc3ccc(OC)cc3)cc2)cc1OCC. The zero-order valence-electron chi connectivity index (χ0n) is 19.4. The Morgan fingerprint density at radius 3 is 2.12 bits per heavy atom. The number of benzene rings is 3. The van der Waals surface area contributed by atoms with Gasteiger partial charge in [0.1, 0.15) is 11.5 Å². The molecule has 7 heteroatoms. The number of carbonyl (C=O) groups excluding carboxylic acids is 2. The molecule has 3 aromatic carbocycles. The third kappa shape index (κ3) is 6.87. The maximum absolute atomic E-state index is 12.4. The molecule has 0 spiro atoms. The van der Waals surface area contributed by atoms with E-state index in [1.807, 2.05) is 19.9 Å². The Morgan fingerprint density at radius 2 is 1.47 bits per heavy atom. The fraction of sp³-hybridized carbons (Fsp3) is 0.185. The van der Waals surface area contributed by atoms with Gasteiger partial charge in [-0.05, 0) is 86.2 Å². The fourth-order valence-corrected chi connectivity index (χ4v) is 3.04. The van der Waals surface area contributed by atoms with Gasteiger partial charge in [-0.15, -0.1) is 0 Å². The number of nitrogens with one attached hydrogen (secondary N) is 1. The van der Waals surface area contributed by atoms with E-state index in [2.05, 4.69) is 5.32 Å². The fourth-order valence-electron chi connectivity index (χ4n) is 3.04. The van der Waals surface area contributed by atoms with E-state index in [4.69, 9.17) is 18.9 Å². The lowest BCUT2D eigenvalue weighted by Crippen LogP contribution is -2.12. The van der Waals surface area contributed by atoms with Crippen LogP contribution in [0.3, 0.4) is 0 Å². The molecular formula is C27H27NO6. The van der Waals surface area contributed by atoms with E-state index in [0.717, 1.165) is 5.56 Å². The van der Waals surface area contributed by atoms with Gasteiger partial charge in [-0.1, -0.05) is 6.07 Å². The van der Waals surface area contributed by atoms with Gasteiger partial charge in [-0.2, -0.15) is 0 Å². The third-order valence-electron chi connectivity index (χ3n) is 4.66. The van der Waals surface area contributed by atoms with Crippen molar-refractivity contribution < 1.29 is 28.5 Å². The highest BCUT2D eigenvalue weighted by atomic mass is 16.5. The average Bonchev–Trinajstić information content (AvgIpc) is 2.85. The lowest BCUT2D eigenvalue weighted by molar-refractivity contribution is -0.128. The Bertz CT molecular complexity index is 1140. The van der Waals surface area contributed by atoms with E-state index in [1.54, 1.807) is 73.8 Å². The minimum absolute atomic E-state index is 0.274. The van der Waals surface area contributed by atoms with Gasteiger partial charge in [0.25, 0.3) is 5.91 Å². The van der Waals surface area contributed by atoms with Crippen molar-refractivity contribution in [3.63, 3.8) is 0 Å². The molecule has 0 aromatic heterocycles. The molecule has 176 valence electrons. The van der Waals surface area contributed by atoms with Crippen LogP contribution in [0.2, 0.25) is 0 Å². The molecule has 0 atom stereocenters. The van der Waals surface area contributed by atoms with Crippen LogP contribution >= 0.6 is 0 Å². The largest absolute Gasteiger partial charge is 0.497 e. The molecule has 1 amide bonds. The summed E-state index contributed by atoms with van der Waals surface area (Å²) < 4.78 is 21.6. The van der Waals surface area contributed by atoms with Crippen molar-refractivity contribution in [1.82, 2.24) is 0 Å². The van der Waals surface area contributed by atoms with E-state index in [9.17, 15) is 9.59 Å². The van der Waals surface area contributed by atoms with Gasteiger partial charge < -0.3 is 24.3 Å². The quantitative estimate of drug-likeness (QED) is 0.249. The molecule has 3 aromatic rings. The summed E-state index contributed by atoms with van der Waals surface area (Å²) >= 11 is 0. The van der Waals surface area contributed by atoms with Crippen LogP contribution in [0.25, 0.3) is 6.08 Å². The molecule has 0 bridgehead atoms. The second-order valence-corrected chi connectivity index (χ2v) is 7.03. The molecule has 3 rings (SSSR count). The highest BCUT2D eigenvalue weighted by Gasteiger charge is 2.09. The predicted molar refractivity (Wildman–Crippen MR) is 131 cm³/mol. The highest BCUT2D eigenvalue weighted by molar-refractivity contribution is 6.04. The summed E-state index contributed by atoms with van der Waals surface area (Å²) in [5.41, 5.74) is 1.85. The first-order valence-corrected chi connectivity index (χ1v) is 10.9. The summed E-state index contributed by atoms with van der Waals surface area (Å²) in [6.45, 7) is 4.83. The maximum Gasteiger partial charge on any atom is 0.336 e. The van der Waals surface area contributed by atoms with Crippen molar-refractivity contribution in [1.29, 1.82) is 0 Å². The van der Waals surface area contributed by atoms with Gasteiger partial charge in [-0.25, -0.2) is 4.79 Å². The minimum Gasteiger partial charge on any atom is -0.497 e. The molecule has 0 radical (unpaired) electrons. The normalized spacial score (nSPS) is 10.6. The topological polar surface area (TPSA) is 83.1 Å². The van der Waals surface area contributed by atoms with Crippen molar-refractivity contribution >= 4 is 23.6 Å². The number of methoxy groups -OCH3 is 1. The summed E-state index contributed by atoms with van der Waals surface area (Å²) in [6, 6.07) is 18.8. The Labute approximate surface area is 198 Å². The van der Waals surface area contributed by atoms with Crippen LogP contribution in [0, 0.1) is 0 Å². The molecule has 0 aliphatic rings. The van der Waals surface area contributed by atoms with Gasteiger partial charge in [0.15, 0.2) is 11.5 Å². The van der Waals surface area contributed by atoms with Gasteiger partial charge in [-0.3, -0.25) is 4.79 Å². The Hall–Kier alpha value is -4.26. The molecule has 0 saturated carbocycles. The number of hydrogen-bond donors (Lipinski definition) is 1. The van der Waals surface area contributed by atoms with E-state index in [0.29, 0.717) is 47.5 Å².